The van der Waals surface area contributed by atoms with Crippen molar-refractivity contribution in [1.82, 2.24) is 5.32 Å². The molecule has 1 aromatic rings. The molecule has 51 heavy (non-hydrogen) atoms. The van der Waals surface area contributed by atoms with Crippen LogP contribution in [0, 0.1) is 57.0 Å². The van der Waals surface area contributed by atoms with Gasteiger partial charge in [-0.2, -0.15) is 0 Å². The zero-order chi connectivity index (χ0) is 37.2. The number of halogens is 3. The molecule has 286 valence electrons. The Bertz CT molecular complexity index is 1450. The van der Waals surface area contributed by atoms with Gasteiger partial charge in [-0.3, -0.25) is 4.79 Å². The van der Waals surface area contributed by atoms with Gasteiger partial charge in [-0.25, -0.2) is 4.79 Å². The number of carbonyl (C=O) groups excluding carboxylic acids is 2. The fraction of sp³-hybridized carbons (Fsp3) is 0.750. The maximum Gasteiger partial charge on any atom is 0.511 e. The van der Waals surface area contributed by atoms with Crippen LogP contribution in [0.15, 0.2) is 17.7 Å². The summed E-state index contributed by atoms with van der Waals surface area (Å²) in [6.07, 6.45) is 12.9. The van der Waals surface area contributed by atoms with Crippen LogP contribution in [0.5, 0.6) is 5.75 Å². The number of nitrogens with one attached hydrogen (secondary N) is 1. The molecule has 4 aliphatic carbocycles. The molecule has 3 saturated carbocycles. The van der Waals surface area contributed by atoms with Crippen LogP contribution in [-0.2, 0) is 9.47 Å². The molecule has 5 rings (SSSR count). The van der Waals surface area contributed by atoms with E-state index in [4.69, 9.17) is 19.3 Å². The van der Waals surface area contributed by atoms with Crippen molar-refractivity contribution in [2.24, 2.45) is 46.3 Å². The highest BCUT2D eigenvalue weighted by molar-refractivity contribution is 14.1. The van der Waals surface area contributed by atoms with Crippen molar-refractivity contribution in [3.05, 3.63) is 34.0 Å². The molecular weight excluding hydrogens is 987 g/mol. The van der Waals surface area contributed by atoms with Crippen molar-refractivity contribution in [2.75, 3.05) is 13.2 Å². The molecule has 0 heterocycles. The van der Waals surface area contributed by atoms with E-state index in [0.29, 0.717) is 29.8 Å². The number of aliphatic hydroxyl groups excluding tert-OH is 2. The summed E-state index contributed by atoms with van der Waals surface area (Å²) in [5, 5.41) is 21.4. The molecule has 4 aliphatic rings. The van der Waals surface area contributed by atoms with E-state index in [0.717, 1.165) is 58.8 Å². The van der Waals surface area contributed by atoms with Gasteiger partial charge in [0.25, 0.3) is 5.91 Å². The first-order valence-electron chi connectivity index (χ1n) is 19.1. The number of fused-ring (bicyclic) bond motifs is 5. The molecule has 0 bridgehead atoms. The van der Waals surface area contributed by atoms with Gasteiger partial charge in [-0.15, -0.1) is 0 Å². The average molecular weight is 1050 g/mol. The van der Waals surface area contributed by atoms with E-state index in [-0.39, 0.29) is 18.1 Å². The minimum Gasteiger partial charge on any atom is -0.453 e. The molecule has 3 fully saturated rings. The third-order valence-corrected chi connectivity index (χ3v) is 15.8. The first-order valence-corrected chi connectivity index (χ1v) is 22.3. The monoisotopic (exact) mass is 1050 g/mol. The molecule has 1 aromatic carbocycles. The Morgan fingerprint density at radius 1 is 1.00 bits per heavy atom. The molecule has 0 saturated heterocycles. The lowest BCUT2D eigenvalue weighted by molar-refractivity contribution is -0.0805. The quantitative estimate of drug-likeness (QED) is 0.0781. The molecule has 0 radical (unpaired) electrons. The fourth-order valence-corrected chi connectivity index (χ4v) is 14.6. The van der Waals surface area contributed by atoms with Gasteiger partial charge >= 0.3 is 6.16 Å². The van der Waals surface area contributed by atoms with Crippen LogP contribution in [-0.4, -0.2) is 53.9 Å². The van der Waals surface area contributed by atoms with Gasteiger partial charge in [0.1, 0.15) is 6.10 Å². The number of rotatable bonds is 13. The lowest BCUT2D eigenvalue weighted by Gasteiger charge is -2.58. The Morgan fingerprint density at radius 2 is 1.75 bits per heavy atom. The highest BCUT2D eigenvalue weighted by Crippen LogP contribution is 2.67. The summed E-state index contributed by atoms with van der Waals surface area (Å²) in [6.45, 7) is 13.5. The molecular formula is C40H58I3NO7. The summed E-state index contributed by atoms with van der Waals surface area (Å²) in [5.41, 5.74) is 2.50. The van der Waals surface area contributed by atoms with Gasteiger partial charge in [-0.05, 0) is 165 Å². The van der Waals surface area contributed by atoms with Gasteiger partial charge < -0.3 is 29.7 Å². The second-order valence-corrected chi connectivity index (χ2v) is 20.1. The number of aliphatic hydroxyl groups is 2. The van der Waals surface area contributed by atoms with Crippen LogP contribution in [0.3, 0.4) is 0 Å². The van der Waals surface area contributed by atoms with Crippen molar-refractivity contribution in [2.45, 2.75) is 131 Å². The smallest absolute Gasteiger partial charge is 0.453 e. The van der Waals surface area contributed by atoms with E-state index in [2.05, 4.69) is 114 Å². The Morgan fingerprint density at radius 3 is 2.45 bits per heavy atom. The second-order valence-electron chi connectivity index (χ2n) is 16.7. The van der Waals surface area contributed by atoms with Crippen LogP contribution >= 0.6 is 67.8 Å². The van der Waals surface area contributed by atoms with Crippen molar-refractivity contribution in [3.63, 3.8) is 0 Å². The molecule has 1 amide bonds. The Labute approximate surface area is 346 Å². The molecule has 3 N–H and O–H groups in total. The molecule has 11 heteroatoms. The van der Waals surface area contributed by atoms with Crippen molar-refractivity contribution < 1.29 is 34.0 Å². The minimum atomic E-state index is -1.05. The number of ether oxygens (including phenoxy) is 3. The van der Waals surface area contributed by atoms with E-state index < -0.39 is 31.1 Å². The maximum atomic E-state index is 13.0. The molecule has 10 atom stereocenters. The van der Waals surface area contributed by atoms with E-state index in [1.165, 1.54) is 50.5 Å². The second kappa shape index (κ2) is 17.6. The average Bonchev–Trinajstić information content (AvgIpc) is 3.42. The van der Waals surface area contributed by atoms with Gasteiger partial charge in [0.15, 0.2) is 5.75 Å². The summed E-state index contributed by atoms with van der Waals surface area (Å²) in [4.78, 5) is 26.0. The number of hydrogen-bond acceptors (Lipinski definition) is 7. The zero-order valence-corrected chi connectivity index (χ0v) is 37.6. The van der Waals surface area contributed by atoms with E-state index >= 15 is 0 Å². The van der Waals surface area contributed by atoms with Crippen LogP contribution in [0.2, 0.25) is 0 Å². The van der Waals surface area contributed by atoms with Gasteiger partial charge in [-0.1, -0.05) is 65.5 Å². The van der Waals surface area contributed by atoms with Crippen LogP contribution < -0.4 is 10.1 Å². The van der Waals surface area contributed by atoms with Crippen LogP contribution in [0.4, 0.5) is 4.79 Å². The fourth-order valence-electron chi connectivity index (χ4n) is 10.5. The van der Waals surface area contributed by atoms with Crippen molar-refractivity contribution in [3.8, 4) is 5.75 Å². The predicted octanol–water partition coefficient (Wildman–Crippen LogP) is 9.87. The van der Waals surface area contributed by atoms with E-state index in [1.54, 1.807) is 6.92 Å². The number of amides is 1. The standard InChI is InChI=1S/C40H58I3NO7/c1-22(2)8-7-9-23(3)29-12-13-30-28-11-10-25-18-27(14-16-39(25,5)31(28)15-17-40(29,30)6)51-38(48)50-24(4)49-36-33(42)19-32(41)34(35(36)43)37(47)44-20-26(46)21-45/h10,19,22-24,26-31,45-46H,7-9,11-18,20-21H2,1-6H3,(H,44,47)/t23-,24?,26?,27+,28?,29-,30?,31?,39+,40-/m1/s1. The summed E-state index contributed by atoms with van der Waals surface area (Å²) >= 11 is 6.27. The first-order chi connectivity index (χ1) is 24.1. The number of carbonyl (C=O) groups is 2. The highest BCUT2D eigenvalue weighted by atomic mass is 127. The largest absolute Gasteiger partial charge is 0.511 e. The minimum absolute atomic E-state index is 0.0774. The van der Waals surface area contributed by atoms with Gasteiger partial charge in [0.2, 0.25) is 6.29 Å². The molecule has 8 nitrogen and oxygen atoms in total. The van der Waals surface area contributed by atoms with Gasteiger partial charge in [0.05, 0.1) is 25.4 Å². The van der Waals surface area contributed by atoms with Gasteiger partial charge in [0, 0.05) is 23.5 Å². The Balaban J connectivity index is 1.17. The summed E-state index contributed by atoms with van der Waals surface area (Å²) in [5.74, 6) is 4.78. The SMILES string of the molecule is CC(C)CCC[C@@H](C)[C@H]1CCC2C3CC=C4C[C@@H](OC(=O)OC(C)Oc5c(I)cc(I)c(C(=O)NCC(O)CO)c5I)CC[C@]4(C)C3CC[C@@]21C. The molecule has 0 aliphatic heterocycles. The topological polar surface area (TPSA) is 114 Å². The van der Waals surface area contributed by atoms with E-state index in [1.807, 2.05) is 6.07 Å². The summed E-state index contributed by atoms with van der Waals surface area (Å²) in [7, 11) is 0. The maximum absolute atomic E-state index is 13.0. The Kier molecular flexibility index (Phi) is 14.4. The lowest BCUT2D eigenvalue weighted by Crippen LogP contribution is -2.51. The first kappa shape index (κ1) is 41.8. The van der Waals surface area contributed by atoms with Crippen molar-refractivity contribution in [1.29, 1.82) is 0 Å². The highest BCUT2D eigenvalue weighted by Gasteiger charge is 2.59. The normalized spacial score (nSPS) is 31.8. The summed E-state index contributed by atoms with van der Waals surface area (Å²) in [6, 6.07) is 1.82. The third kappa shape index (κ3) is 9.19. The molecule has 5 unspecified atom stereocenters. The van der Waals surface area contributed by atoms with Crippen molar-refractivity contribution >= 4 is 79.8 Å². The third-order valence-electron chi connectivity index (χ3n) is 13.1. The molecule has 0 spiro atoms. The van der Waals surface area contributed by atoms with Crippen LogP contribution in [0.25, 0.3) is 0 Å². The zero-order valence-electron chi connectivity index (χ0n) is 31.1. The molecule has 0 aromatic heterocycles. The Hall–Kier alpha value is -0.390. The lowest BCUT2D eigenvalue weighted by atomic mass is 9.47. The predicted molar refractivity (Wildman–Crippen MR) is 225 cm³/mol. The number of allylic oxidation sites excluding steroid dienone is 1. The van der Waals surface area contributed by atoms with Crippen LogP contribution in [0.1, 0.15) is 123 Å². The van der Waals surface area contributed by atoms with E-state index in [9.17, 15) is 14.7 Å². The summed E-state index contributed by atoms with van der Waals surface area (Å²) < 4.78 is 19.6. The number of hydrogen-bond donors (Lipinski definition) is 3. The number of benzene rings is 1.